The van der Waals surface area contributed by atoms with Gasteiger partial charge in [-0.15, -0.1) is 0 Å². The molecule has 0 aliphatic heterocycles. The number of hydrogen-bond donors (Lipinski definition) is 0. The average molecular weight is 204 g/mol. The maximum atomic E-state index is 13.0. The van der Waals surface area contributed by atoms with Crippen molar-refractivity contribution in [1.82, 2.24) is 0 Å². The van der Waals surface area contributed by atoms with Crippen LogP contribution in [0.15, 0.2) is 29.8 Å². The van der Waals surface area contributed by atoms with Crippen LogP contribution in [0.2, 0.25) is 0 Å². The van der Waals surface area contributed by atoms with Gasteiger partial charge in [-0.3, -0.25) is 4.79 Å². The third-order valence-corrected chi connectivity index (χ3v) is 2.78. The molecule has 0 amide bonds. The molecule has 78 valence electrons. The Morgan fingerprint density at radius 1 is 1.40 bits per heavy atom. The second-order valence-electron chi connectivity index (χ2n) is 3.91. The number of benzene rings is 1. The van der Waals surface area contributed by atoms with Crippen LogP contribution in [-0.4, -0.2) is 5.78 Å². The van der Waals surface area contributed by atoms with Gasteiger partial charge in [-0.25, -0.2) is 4.39 Å². The summed E-state index contributed by atoms with van der Waals surface area (Å²) in [6, 6.07) is 4.37. The van der Waals surface area contributed by atoms with Crippen molar-refractivity contribution in [2.75, 3.05) is 0 Å². The van der Waals surface area contributed by atoms with Crippen LogP contribution in [0.4, 0.5) is 4.39 Å². The smallest absolute Gasteiger partial charge is 0.189 e. The van der Waals surface area contributed by atoms with Crippen molar-refractivity contribution in [3.05, 3.63) is 46.8 Å². The summed E-state index contributed by atoms with van der Waals surface area (Å²) < 4.78 is 13.0. The summed E-state index contributed by atoms with van der Waals surface area (Å²) in [6.45, 7) is 1.84. The molecular weight excluding hydrogens is 191 g/mol. The van der Waals surface area contributed by atoms with Crippen LogP contribution in [0.3, 0.4) is 0 Å². The summed E-state index contributed by atoms with van der Waals surface area (Å²) in [5.41, 5.74) is 2.18. The van der Waals surface area contributed by atoms with Gasteiger partial charge in [0, 0.05) is 5.56 Å². The molecule has 2 rings (SSSR count). The van der Waals surface area contributed by atoms with E-state index < -0.39 is 0 Å². The number of rotatable bonds is 2. The van der Waals surface area contributed by atoms with Crippen molar-refractivity contribution < 1.29 is 9.18 Å². The average Bonchev–Trinajstić information content (AvgIpc) is 2.74. The molecule has 1 aliphatic carbocycles. The van der Waals surface area contributed by atoms with Crippen LogP contribution < -0.4 is 0 Å². The van der Waals surface area contributed by atoms with E-state index >= 15 is 0 Å². The highest BCUT2D eigenvalue weighted by molar-refractivity contribution is 6.09. The van der Waals surface area contributed by atoms with E-state index in [-0.39, 0.29) is 11.6 Å². The van der Waals surface area contributed by atoms with Crippen molar-refractivity contribution in [3.8, 4) is 0 Å². The Balaban J connectivity index is 2.36. The van der Waals surface area contributed by atoms with Crippen molar-refractivity contribution in [2.24, 2.45) is 0 Å². The van der Waals surface area contributed by atoms with Crippen LogP contribution in [0.5, 0.6) is 0 Å². The molecule has 2 heteroatoms. The summed E-state index contributed by atoms with van der Waals surface area (Å²) in [5.74, 6) is -0.355. The lowest BCUT2D eigenvalue weighted by atomic mass is 9.99. The second-order valence-corrected chi connectivity index (χ2v) is 3.91. The highest BCUT2D eigenvalue weighted by Crippen LogP contribution is 2.23. The highest BCUT2D eigenvalue weighted by Gasteiger charge is 2.17. The van der Waals surface area contributed by atoms with Crippen molar-refractivity contribution in [3.63, 3.8) is 0 Å². The third kappa shape index (κ3) is 1.99. The number of halogens is 1. The first-order valence-electron chi connectivity index (χ1n) is 5.18. The van der Waals surface area contributed by atoms with Gasteiger partial charge in [0.15, 0.2) is 5.78 Å². The van der Waals surface area contributed by atoms with Crippen molar-refractivity contribution >= 4 is 5.78 Å². The molecule has 1 nitrogen and oxygen atoms in total. The Hall–Kier alpha value is -1.44. The fourth-order valence-corrected chi connectivity index (χ4v) is 1.89. The summed E-state index contributed by atoms with van der Waals surface area (Å²) >= 11 is 0. The van der Waals surface area contributed by atoms with Crippen LogP contribution in [0.25, 0.3) is 0 Å². The number of aryl methyl sites for hydroxylation is 1. The molecule has 0 saturated heterocycles. The molecule has 1 aromatic carbocycles. The van der Waals surface area contributed by atoms with Gasteiger partial charge in [0.2, 0.25) is 0 Å². The lowest BCUT2D eigenvalue weighted by Gasteiger charge is -2.05. The first-order valence-corrected chi connectivity index (χ1v) is 5.18. The van der Waals surface area contributed by atoms with Crippen LogP contribution in [0, 0.1) is 12.7 Å². The first kappa shape index (κ1) is 10.1. The maximum Gasteiger partial charge on any atom is 0.189 e. The Labute approximate surface area is 88.6 Å². The summed E-state index contributed by atoms with van der Waals surface area (Å²) in [5, 5.41) is 0. The number of ketones is 1. The van der Waals surface area contributed by atoms with E-state index in [1.807, 2.05) is 13.0 Å². The van der Waals surface area contributed by atoms with Crippen LogP contribution in [-0.2, 0) is 0 Å². The van der Waals surface area contributed by atoms with Gasteiger partial charge in [0.1, 0.15) is 5.82 Å². The SMILES string of the molecule is Cc1ccc(F)cc1C(=O)C1=CCCC1. The molecule has 0 radical (unpaired) electrons. The first-order chi connectivity index (χ1) is 7.18. The fraction of sp³-hybridized carbons (Fsp3) is 0.308. The normalized spacial score (nSPS) is 15.2. The molecule has 0 fully saturated rings. The van der Waals surface area contributed by atoms with E-state index in [9.17, 15) is 9.18 Å². The monoisotopic (exact) mass is 204 g/mol. The van der Waals surface area contributed by atoms with Gasteiger partial charge in [-0.2, -0.15) is 0 Å². The minimum Gasteiger partial charge on any atom is -0.289 e. The summed E-state index contributed by atoms with van der Waals surface area (Å²) in [7, 11) is 0. The van der Waals surface area contributed by atoms with Crippen molar-refractivity contribution in [1.29, 1.82) is 0 Å². The lowest BCUT2D eigenvalue weighted by molar-refractivity contribution is 0.103. The van der Waals surface area contributed by atoms with E-state index in [0.29, 0.717) is 5.56 Å². The zero-order valence-electron chi connectivity index (χ0n) is 8.72. The predicted molar refractivity (Wildman–Crippen MR) is 57.4 cm³/mol. The Morgan fingerprint density at radius 2 is 2.20 bits per heavy atom. The molecule has 0 atom stereocenters. The van der Waals surface area contributed by atoms with Gasteiger partial charge in [0.05, 0.1) is 0 Å². The lowest BCUT2D eigenvalue weighted by Crippen LogP contribution is -2.04. The number of allylic oxidation sites excluding steroid dienone is 2. The molecule has 0 unspecified atom stereocenters. The molecule has 0 bridgehead atoms. The van der Waals surface area contributed by atoms with Gasteiger partial charge in [0.25, 0.3) is 0 Å². The molecule has 0 N–H and O–H groups in total. The Kier molecular flexibility index (Phi) is 2.67. The van der Waals surface area contributed by atoms with Gasteiger partial charge < -0.3 is 0 Å². The fourth-order valence-electron chi connectivity index (χ4n) is 1.89. The molecule has 0 heterocycles. The van der Waals surface area contributed by atoms with E-state index in [4.69, 9.17) is 0 Å². The molecule has 1 aromatic rings. The van der Waals surface area contributed by atoms with Crippen LogP contribution >= 0.6 is 0 Å². The van der Waals surface area contributed by atoms with Crippen molar-refractivity contribution in [2.45, 2.75) is 26.2 Å². The standard InChI is InChI=1S/C13H13FO/c1-9-6-7-11(14)8-12(9)13(15)10-4-2-3-5-10/h4,6-8H,2-3,5H2,1H3. The second kappa shape index (κ2) is 3.97. The van der Waals surface area contributed by atoms with Gasteiger partial charge in [-0.1, -0.05) is 12.1 Å². The third-order valence-electron chi connectivity index (χ3n) is 2.78. The minimum atomic E-state index is -0.345. The number of Topliss-reactive ketones (excluding diaryl/α,β-unsaturated/α-hetero) is 1. The number of carbonyl (C=O) groups excluding carboxylic acids is 1. The minimum absolute atomic E-state index is 0.00972. The molecule has 1 aliphatic rings. The van der Waals surface area contributed by atoms with E-state index in [2.05, 4.69) is 0 Å². The van der Waals surface area contributed by atoms with E-state index in [1.165, 1.54) is 12.1 Å². The van der Waals surface area contributed by atoms with E-state index in [0.717, 1.165) is 30.4 Å². The Bertz CT molecular complexity index is 432. The van der Waals surface area contributed by atoms with Crippen LogP contribution in [0.1, 0.15) is 35.2 Å². The zero-order valence-corrected chi connectivity index (χ0v) is 8.72. The molecule has 0 spiro atoms. The summed E-state index contributed by atoms with van der Waals surface area (Å²) in [6.07, 6.45) is 4.80. The highest BCUT2D eigenvalue weighted by atomic mass is 19.1. The molecular formula is C13H13FO. The molecule has 0 saturated carbocycles. The van der Waals surface area contributed by atoms with Gasteiger partial charge >= 0.3 is 0 Å². The van der Waals surface area contributed by atoms with Gasteiger partial charge in [-0.05, 0) is 49.5 Å². The molecule has 0 aromatic heterocycles. The maximum absolute atomic E-state index is 13.0. The zero-order chi connectivity index (χ0) is 10.8. The topological polar surface area (TPSA) is 17.1 Å². The largest absolute Gasteiger partial charge is 0.289 e. The Morgan fingerprint density at radius 3 is 2.87 bits per heavy atom. The number of carbonyl (C=O) groups is 1. The number of hydrogen-bond acceptors (Lipinski definition) is 1. The van der Waals surface area contributed by atoms with E-state index in [1.54, 1.807) is 6.07 Å². The summed E-state index contributed by atoms with van der Waals surface area (Å²) in [4.78, 5) is 12.0. The quantitative estimate of drug-likeness (QED) is 0.674. The molecule has 15 heavy (non-hydrogen) atoms. The predicted octanol–water partition coefficient (Wildman–Crippen LogP) is 3.43.